The van der Waals surface area contributed by atoms with Crippen LogP contribution in [0.3, 0.4) is 0 Å². The van der Waals surface area contributed by atoms with Gasteiger partial charge in [-0.2, -0.15) is 0 Å². The van der Waals surface area contributed by atoms with Crippen LogP contribution in [0.5, 0.6) is 0 Å². The summed E-state index contributed by atoms with van der Waals surface area (Å²) < 4.78 is 6.85. The molecule has 0 aliphatic rings. The lowest BCUT2D eigenvalue weighted by Crippen LogP contribution is -2.16. The van der Waals surface area contributed by atoms with Crippen LogP contribution in [0.4, 0.5) is 0 Å². The van der Waals surface area contributed by atoms with Gasteiger partial charge in [0.15, 0.2) is 11.0 Å². The molecule has 0 saturated heterocycles. The standard InChI is InChI=1S/C22H22N4O3S/c1-3-29-21(28)19(15(2)23)18(27)14-30-22-25-24-20(16-10-6-4-7-11-16)26(22)17-12-8-5-9-13-17/h4-13,23,27H,3,14H2,1-2H3/b19-18-,23-15?. The largest absolute Gasteiger partial charge is 0.510 e. The summed E-state index contributed by atoms with van der Waals surface area (Å²) in [6.45, 7) is 3.28. The number of aliphatic hydroxyl groups excluding tert-OH is 1. The number of nitrogens with zero attached hydrogens (tertiary/aromatic N) is 3. The smallest absolute Gasteiger partial charge is 0.343 e. The molecule has 0 fully saturated rings. The van der Waals surface area contributed by atoms with E-state index in [1.54, 1.807) is 6.92 Å². The van der Waals surface area contributed by atoms with Gasteiger partial charge in [-0.15, -0.1) is 10.2 Å². The van der Waals surface area contributed by atoms with Crippen LogP contribution in [0.2, 0.25) is 0 Å². The van der Waals surface area contributed by atoms with E-state index in [1.807, 2.05) is 65.2 Å². The van der Waals surface area contributed by atoms with Crippen LogP contribution >= 0.6 is 11.8 Å². The van der Waals surface area contributed by atoms with Crippen molar-refractivity contribution >= 4 is 23.4 Å². The number of carbonyl (C=O) groups is 1. The molecule has 1 aromatic heterocycles. The highest BCUT2D eigenvalue weighted by Gasteiger charge is 2.21. The maximum Gasteiger partial charge on any atom is 0.343 e. The van der Waals surface area contributed by atoms with Crippen molar-refractivity contribution in [2.45, 2.75) is 19.0 Å². The molecule has 30 heavy (non-hydrogen) atoms. The van der Waals surface area contributed by atoms with Crippen LogP contribution in [-0.4, -0.2) is 43.9 Å². The zero-order valence-corrected chi connectivity index (χ0v) is 17.5. The Kier molecular flexibility index (Phi) is 7.03. The van der Waals surface area contributed by atoms with E-state index in [9.17, 15) is 9.90 Å². The van der Waals surface area contributed by atoms with Gasteiger partial charge in [0.05, 0.1) is 12.4 Å². The van der Waals surface area contributed by atoms with Crippen molar-refractivity contribution in [1.82, 2.24) is 14.8 Å². The first kappa shape index (κ1) is 21.3. The Hall–Kier alpha value is -3.39. The number of ether oxygens (including phenoxy) is 1. The second-order valence-corrected chi connectivity index (χ2v) is 7.24. The molecular weight excluding hydrogens is 400 g/mol. The van der Waals surface area contributed by atoms with Crippen LogP contribution in [0.15, 0.2) is 77.2 Å². The lowest BCUT2D eigenvalue weighted by atomic mass is 10.1. The SMILES string of the molecule is CCOC(=O)/C(C(C)=N)=C(\O)CSc1nnc(-c2ccccc2)n1-c1ccccc1. The Balaban J connectivity index is 1.97. The van der Waals surface area contributed by atoms with E-state index in [0.29, 0.717) is 11.0 Å². The number of hydrogen-bond acceptors (Lipinski definition) is 7. The fourth-order valence-corrected chi connectivity index (χ4v) is 3.67. The van der Waals surface area contributed by atoms with Gasteiger partial charge in [0.2, 0.25) is 0 Å². The molecule has 2 aromatic carbocycles. The highest BCUT2D eigenvalue weighted by molar-refractivity contribution is 7.99. The van der Waals surface area contributed by atoms with Crippen LogP contribution in [0, 0.1) is 5.41 Å². The second-order valence-electron chi connectivity index (χ2n) is 6.30. The summed E-state index contributed by atoms with van der Waals surface area (Å²) in [6.07, 6.45) is 0. The molecule has 7 nitrogen and oxygen atoms in total. The van der Waals surface area contributed by atoms with Crippen molar-refractivity contribution in [2.75, 3.05) is 12.4 Å². The third-order valence-corrected chi connectivity index (χ3v) is 5.10. The molecule has 3 rings (SSSR count). The van der Waals surface area contributed by atoms with E-state index in [4.69, 9.17) is 10.1 Å². The van der Waals surface area contributed by atoms with Crippen molar-refractivity contribution in [1.29, 1.82) is 5.41 Å². The Morgan fingerprint density at radius 2 is 1.73 bits per heavy atom. The maximum absolute atomic E-state index is 12.1. The van der Waals surface area contributed by atoms with Crippen LogP contribution in [0.1, 0.15) is 13.8 Å². The molecule has 2 N–H and O–H groups in total. The maximum atomic E-state index is 12.1. The number of thioether (sulfide) groups is 1. The first-order chi connectivity index (χ1) is 14.5. The highest BCUT2D eigenvalue weighted by Crippen LogP contribution is 2.29. The number of rotatable bonds is 8. The predicted octanol–water partition coefficient (Wildman–Crippen LogP) is 4.44. The van der Waals surface area contributed by atoms with Gasteiger partial charge < -0.3 is 15.3 Å². The van der Waals surface area contributed by atoms with Gasteiger partial charge in [0, 0.05) is 17.0 Å². The summed E-state index contributed by atoms with van der Waals surface area (Å²) in [5.41, 5.74) is 1.60. The predicted molar refractivity (Wildman–Crippen MR) is 117 cm³/mol. The first-order valence-electron chi connectivity index (χ1n) is 9.36. The zero-order chi connectivity index (χ0) is 21.5. The lowest BCUT2D eigenvalue weighted by Gasteiger charge is -2.11. The summed E-state index contributed by atoms with van der Waals surface area (Å²) in [5.74, 6) is -0.224. The molecule has 0 bridgehead atoms. The van der Waals surface area contributed by atoms with Crippen LogP contribution in [-0.2, 0) is 9.53 Å². The van der Waals surface area contributed by atoms with E-state index in [1.165, 1.54) is 18.7 Å². The number of esters is 1. The summed E-state index contributed by atoms with van der Waals surface area (Å²) in [5, 5.41) is 27.5. The Morgan fingerprint density at radius 3 is 2.33 bits per heavy atom. The van der Waals surface area contributed by atoms with Gasteiger partial charge in [-0.3, -0.25) is 4.57 Å². The van der Waals surface area contributed by atoms with E-state index in [-0.39, 0.29) is 29.4 Å². The monoisotopic (exact) mass is 422 g/mol. The zero-order valence-electron chi connectivity index (χ0n) is 16.7. The van der Waals surface area contributed by atoms with Crippen molar-refractivity contribution in [2.24, 2.45) is 0 Å². The Morgan fingerprint density at radius 1 is 1.10 bits per heavy atom. The van der Waals surface area contributed by atoms with Gasteiger partial charge >= 0.3 is 5.97 Å². The fourth-order valence-electron chi connectivity index (χ4n) is 2.84. The van der Waals surface area contributed by atoms with Gasteiger partial charge in [0.1, 0.15) is 11.3 Å². The van der Waals surface area contributed by atoms with Crippen molar-refractivity contribution in [3.05, 3.63) is 72.0 Å². The Labute approximate surface area is 178 Å². The molecule has 1 heterocycles. The molecule has 0 aliphatic carbocycles. The fraction of sp³-hybridized carbons (Fsp3) is 0.182. The summed E-state index contributed by atoms with van der Waals surface area (Å²) in [4.78, 5) is 12.1. The molecule has 0 radical (unpaired) electrons. The number of aliphatic hydroxyl groups is 1. The third-order valence-electron chi connectivity index (χ3n) is 4.16. The van der Waals surface area contributed by atoms with Crippen LogP contribution < -0.4 is 0 Å². The average molecular weight is 423 g/mol. The molecule has 154 valence electrons. The molecule has 0 saturated carbocycles. The molecule has 0 amide bonds. The van der Waals surface area contributed by atoms with E-state index in [0.717, 1.165) is 11.3 Å². The second kappa shape index (κ2) is 9.89. The minimum absolute atomic E-state index is 0.0458. The molecule has 8 heteroatoms. The molecular formula is C22H22N4O3S. The molecule has 0 aliphatic heterocycles. The number of carbonyl (C=O) groups excluding carboxylic acids is 1. The van der Waals surface area contributed by atoms with Gasteiger partial charge in [-0.05, 0) is 26.0 Å². The molecule has 0 unspecified atom stereocenters. The summed E-state index contributed by atoms with van der Waals surface area (Å²) >= 11 is 1.22. The highest BCUT2D eigenvalue weighted by atomic mass is 32.2. The van der Waals surface area contributed by atoms with Gasteiger partial charge in [-0.25, -0.2) is 4.79 Å². The van der Waals surface area contributed by atoms with Crippen molar-refractivity contribution in [3.8, 4) is 17.1 Å². The lowest BCUT2D eigenvalue weighted by molar-refractivity contribution is -0.138. The van der Waals surface area contributed by atoms with E-state index >= 15 is 0 Å². The number of hydrogen-bond donors (Lipinski definition) is 2. The minimum atomic E-state index is -0.711. The van der Waals surface area contributed by atoms with Crippen molar-refractivity contribution < 1.29 is 14.6 Å². The third kappa shape index (κ3) is 4.77. The van der Waals surface area contributed by atoms with Gasteiger partial charge in [-0.1, -0.05) is 60.3 Å². The number of benzene rings is 2. The minimum Gasteiger partial charge on any atom is -0.510 e. The molecule has 3 aromatic rings. The summed E-state index contributed by atoms with van der Waals surface area (Å²) in [6, 6.07) is 19.4. The average Bonchev–Trinajstić information content (AvgIpc) is 3.17. The molecule has 0 atom stereocenters. The van der Waals surface area contributed by atoms with Crippen molar-refractivity contribution in [3.63, 3.8) is 0 Å². The van der Waals surface area contributed by atoms with Gasteiger partial charge in [0.25, 0.3) is 0 Å². The topological polar surface area (TPSA) is 101 Å². The summed E-state index contributed by atoms with van der Waals surface area (Å²) in [7, 11) is 0. The first-order valence-corrected chi connectivity index (χ1v) is 10.3. The van der Waals surface area contributed by atoms with E-state index in [2.05, 4.69) is 10.2 Å². The number of nitrogens with one attached hydrogen (secondary N) is 1. The van der Waals surface area contributed by atoms with E-state index < -0.39 is 5.97 Å². The number of para-hydroxylation sites is 1. The Bertz CT molecular complexity index is 1060. The quantitative estimate of drug-likeness (QED) is 0.183. The molecule has 0 spiro atoms. The normalized spacial score (nSPS) is 11.7. The van der Waals surface area contributed by atoms with Crippen LogP contribution in [0.25, 0.3) is 17.1 Å². The number of aromatic nitrogens is 3.